The second-order valence-corrected chi connectivity index (χ2v) is 8.65. The molecule has 3 aromatic rings. The van der Waals surface area contributed by atoms with Crippen molar-refractivity contribution in [3.05, 3.63) is 65.7 Å². The number of ether oxygens (including phenoxy) is 1. The molecule has 1 aromatic heterocycles. The molecule has 166 valence electrons. The molecule has 0 bridgehead atoms. The van der Waals surface area contributed by atoms with E-state index in [1.54, 1.807) is 30.8 Å². The summed E-state index contributed by atoms with van der Waals surface area (Å²) < 4.78 is 18.2. The zero-order chi connectivity index (χ0) is 22.7. The average molecular weight is 454 g/mol. The minimum atomic E-state index is -0.435. The molecule has 1 amide bonds. The van der Waals surface area contributed by atoms with Crippen LogP contribution in [0.25, 0.3) is 0 Å². The van der Waals surface area contributed by atoms with Crippen LogP contribution >= 0.6 is 11.8 Å². The summed E-state index contributed by atoms with van der Waals surface area (Å²) in [7, 11) is 0. The van der Waals surface area contributed by atoms with E-state index in [1.165, 1.54) is 17.0 Å². The number of aromatic nitrogens is 3. The van der Waals surface area contributed by atoms with E-state index >= 15 is 0 Å². The van der Waals surface area contributed by atoms with Gasteiger partial charge in [0.05, 0.1) is 12.1 Å². The number of amides is 1. The van der Waals surface area contributed by atoms with Gasteiger partial charge in [-0.1, -0.05) is 30.8 Å². The maximum atomic E-state index is 13.1. The summed E-state index contributed by atoms with van der Waals surface area (Å²) in [6.45, 7) is 6.11. The summed E-state index contributed by atoms with van der Waals surface area (Å²) in [5.74, 6) is 0.977. The Hall–Kier alpha value is -3.20. The average Bonchev–Trinajstić information content (AvgIpc) is 3.16. The minimum Gasteiger partial charge on any atom is -0.447 e. The molecule has 1 aliphatic heterocycles. The molecule has 0 aliphatic carbocycles. The first-order valence-corrected chi connectivity index (χ1v) is 11.2. The SMILES string of the molecule is CC[C@H]1COC(=O)N1c1nc(C)nc(N[C@H](C)c2ccc(Sc3ccc(F)cc3)cc2)n1. The molecule has 2 heterocycles. The minimum absolute atomic E-state index is 0.0676. The molecule has 1 aliphatic rings. The zero-order valence-electron chi connectivity index (χ0n) is 18.1. The van der Waals surface area contributed by atoms with Crippen LogP contribution in [0.4, 0.5) is 21.1 Å². The van der Waals surface area contributed by atoms with Gasteiger partial charge in [0.15, 0.2) is 0 Å². The topological polar surface area (TPSA) is 80.2 Å². The number of cyclic esters (lactones) is 1. The Kier molecular flexibility index (Phi) is 6.55. The fourth-order valence-corrected chi connectivity index (χ4v) is 4.20. The number of halogens is 1. The van der Waals surface area contributed by atoms with Gasteiger partial charge in [0.25, 0.3) is 0 Å². The van der Waals surface area contributed by atoms with Crippen LogP contribution in [0, 0.1) is 12.7 Å². The summed E-state index contributed by atoms with van der Waals surface area (Å²) >= 11 is 1.57. The molecule has 7 nitrogen and oxygen atoms in total. The van der Waals surface area contributed by atoms with E-state index < -0.39 is 6.09 Å². The molecule has 0 radical (unpaired) electrons. The van der Waals surface area contributed by atoms with Crippen LogP contribution in [0.15, 0.2) is 58.3 Å². The Labute approximate surface area is 190 Å². The van der Waals surface area contributed by atoms with Gasteiger partial charge in [0.2, 0.25) is 11.9 Å². The first-order chi connectivity index (χ1) is 15.4. The van der Waals surface area contributed by atoms with Gasteiger partial charge in [-0.05, 0) is 62.2 Å². The van der Waals surface area contributed by atoms with Crippen LogP contribution in [-0.4, -0.2) is 33.7 Å². The fraction of sp³-hybridized carbons (Fsp3) is 0.304. The highest BCUT2D eigenvalue weighted by molar-refractivity contribution is 7.99. The molecular formula is C23H24FN5O2S. The third-order valence-electron chi connectivity index (χ3n) is 5.16. The van der Waals surface area contributed by atoms with Crippen molar-refractivity contribution in [3.8, 4) is 0 Å². The third kappa shape index (κ3) is 4.99. The summed E-state index contributed by atoms with van der Waals surface area (Å²) in [5.41, 5.74) is 1.06. The van der Waals surface area contributed by atoms with Gasteiger partial charge in [-0.3, -0.25) is 0 Å². The summed E-state index contributed by atoms with van der Waals surface area (Å²) in [6, 6.07) is 14.4. The summed E-state index contributed by atoms with van der Waals surface area (Å²) in [5, 5.41) is 3.30. The number of carbonyl (C=O) groups excluding carboxylic acids is 1. The number of hydrogen-bond donors (Lipinski definition) is 1. The van der Waals surface area contributed by atoms with Gasteiger partial charge in [0.1, 0.15) is 18.2 Å². The van der Waals surface area contributed by atoms with E-state index in [2.05, 4.69) is 20.3 Å². The molecule has 4 rings (SSSR count). The molecule has 0 spiro atoms. The number of rotatable bonds is 7. The molecule has 2 aromatic carbocycles. The second-order valence-electron chi connectivity index (χ2n) is 7.51. The molecule has 1 fully saturated rings. The quantitative estimate of drug-likeness (QED) is 0.514. The Morgan fingerprint density at radius 1 is 1.12 bits per heavy atom. The fourth-order valence-electron chi connectivity index (χ4n) is 3.39. The van der Waals surface area contributed by atoms with Crippen molar-refractivity contribution in [1.29, 1.82) is 0 Å². The van der Waals surface area contributed by atoms with Gasteiger partial charge in [-0.15, -0.1) is 0 Å². The van der Waals surface area contributed by atoms with Crippen molar-refractivity contribution < 1.29 is 13.9 Å². The van der Waals surface area contributed by atoms with Crippen molar-refractivity contribution in [2.45, 2.75) is 49.1 Å². The van der Waals surface area contributed by atoms with Crippen LogP contribution in [0.3, 0.4) is 0 Å². The molecule has 2 atom stereocenters. The Bertz CT molecular complexity index is 1090. The van der Waals surface area contributed by atoms with Gasteiger partial charge < -0.3 is 10.1 Å². The van der Waals surface area contributed by atoms with Crippen molar-refractivity contribution in [3.63, 3.8) is 0 Å². The van der Waals surface area contributed by atoms with Crippen molar-refractivity contribution in [1.82, 2.24) is 15.0 Å². The van der Waals surface area contributed by atoms with Crippen LogP contribution < -0.4 is 10.2 Å². The number of carbonyl (C=O) groups is 1. The number of nitrogens with zero attached hydrogens (tertiary/aromatic N) is 4. The molecule has 32 heavy (non-hydrogen) atoms. The number of nitrogens with one attached hydrogen (secondary N) is 1. The molecular weight excluding hydrogens is 429 g/mol. The maximum absolute atomic E-state index is 13.1. The highest BCUT2D eigenvalue weighted by Crippen LogP contribution is 2.29. The number of aryl methyl sites for hydroxylation is 1. The lowest BCUT2D eigenvalue weighted by Gasteiger charge is -2.20. The van der Waals surface area contributed by atoms with E-state index in [0.29, 0.717) is 24.3 Å². The molecule has 0 unspecified atom stereocenters. The van der Waals surface area contributed by atoms with Gasteiger partial charge in [-0.2, -0.15) is 15.0 Å². The second kappa shape index (κ2) is 9.52. The van der Waals surface area contributed by atoms with Crippen LogP contribution in [0.5, 0.6) is 0 Å². The van der Waals surface area contributed by atoms with Gasteiger partial charge >= 0.3 is 6.09 Å². The lowest BCUT2D eigenvalue weighted by molar-refractivity contribution is 0.178. The van der Waals surface area contributed by atoms with Crippen molar-refractivity contribution >= 4 is 29.8 Å². The van der Waals surface area contributed by atoms with Crippen molar-refractivity contribution in [2.24, 2.45) is 0 Å². The van der Waals surface area contributed by atoms with E-state index in [9.17, 15) is 9.18 Å². The van der Waals surface area contributed by atoms with E-state index in [1.807, 2.05) is 38.1 Å². The highest BCUT2D eigenvalue weighted by atomic mass is 32.2. The standard InChI is InChI=1S/C23H24FN5O2S/c1-4-18-13-31-23(30)29(18)22-27-15(3)26-21(28-22)25-14(2)16-5-9-19(10-6-16)32-20-11-7-17(24)8-12-20/h5-12,14,18H,4,13H2,1-3H3,(H,25,26,27,28)/t14-,18+/m1/s1. The predicted molar refractivity (Wildman–Crippen MR) is 121 cm³/mol. The zero-order valence-corrected chi connectivity index (χ0v) is 18.9. The van der Waals surface area contributed by atoms with Crippen LogP contribution in [-0.2, 0) is 4.74 Å². The number of anilines is 2. The van der Waals surface area contributed by atoms with E-state index in [-0.39, 0.29) is 17.9 Å². The van der Waals surface area contributed by atoms with Crippen LogP contribution in [0.1, 0.15) is 37.7 Å². The number of benzene rings is 2. The molecule has 1 saturated heterocycles. The predicted octanol–water partition coefficient (Wildman–Crippen LogP) is 5.38. The largest absolute Gasteiger partial charge is 0.447 e. The summed E-state index contributed by atoms with van der Waals surface area (Å²) in [6.07, 6.45) is 0.313. The normalized spacial score (nSPS) is 16.7. The third-order valence-corrected chi connectivity index (χ3v) is 6.17. The smallest absolute Gasteiger partial charge is 0.417 e. The lowest BCUT2D eigenvalue weighted by Crippen LogP contribution is -2.34. The lowest BCUT2D eigenvalue weighted by atomic mass is 10.1. The Morgan fingerprint density at radius 3 is 2.44 bits per heavy atom. The highest BCUT2D eigenvalue weighted by Gasteiger charge is 2.35. The first kappa shape index (κ1) is 22.0. The Morgan fingerprint density at radius 2 is 1.78 bits per heavy atom. The number of hydrogen-bond acceptors (Lipinski definition) is 7. The van der Waals surface area contributed by atoms with E-state index in [4.69, 9.17) is 4.74 Å². The van der Waals surface area contributed by atoms with Gasteiger partial charge in [-0.25, -0.2) is 14.1 Å². The monoisotopic (exact) mass is 453 g/mol. The molecule has 1 N–H and O–H groups in total. The maximum Gasteiger partial charge on any atom is 0.417 e. The Balaban J connectivity index is 1.46. The first-order valence-electron chi connectivity index (χ1n) is 10.4. The van der Waals surface area contributed by atoms with E-state index in [0.717, 1.165) is 21.8 Å². The van der Waals surface area contributed by atoms with Gasteiger partial charge in [0, 0.05) is 9.79 Å². The molecule has 9 heteroatoms. The molecule has 0 saturated carbocycles. The van der Waals surface area contributed by atoms with Crippen LogP contribution in [0.2, 0.25) is 0 Å². The van der Waals surface area contributed by atoms with Crippen molar-refractivity contribution in [2.75, 3.05) is 16.8 Å². The summed E-state index contributed by atoms with van der Waals surface area (Å²) in [4.78, 5) is 28.9.